The second-order valence-corrected chi connectivity index (χ2v) is 8.50. The van der Waals surface area contributed by atoms with Gasteiger partial charge in [0.1, 0.15) is 17.5 Å². The number of aliphatic hydroxyl groups is 1. The predicted molar refractivity (Wildman–Crippen MR) is 129 cm³/mol. The predicted octanol–water partition coefficient (Wildman–Crippen LogP) is 1.30. The Labute approximate surface area is 204 Å². The molecule has 3 N–H and O–H groups in total. The molecular weight excluding hydrogens is 452 g/mol. The minimum absolute atomic E-state index is 0.0503. The smallest absolute Gasteiger partial charge is 0.407 e. The van der Waals surface area contributed by atoms with E-state index in [1.807, 2.05) is 31.2 Å². The van der Waals surface area contributed by atoms with E-state index in [-0.39, 0.29) is 30.6 Å². The third-order valence-electron chi connectivity index (χ3n) is 5.97. The summed E-state index contributed by atoms with van der Waals surface area (Å²) in [5.41, 5.74) is 2.66. The molecule has 1 atom stereocenters. The number of pyridine rings is 1. The number of carbonyl (C=O) groups excluding carboxylic acids is 2. The van der Waals surface area contributed by atoms with Gasteiger partial charge in [-0.05, 0) is 30.2 Å². The van der Waals surface area contributed by atoms with Gasteiger partial charge in [-0.25, -0.2) is 4.79 Å². The first kappa shape index (κ1) is 24.7. The van der Waals surface area contributed by atoms with Gasteiger partial charge in [-0.3, -0.25) is 4.79 Å². The molecule has 10 nitrogen and oxygen atoms in total. The number of aromatic nitrogens is 1. The lowest BCUT2D eigenvalue weighted by Crippen LogP contribution is -2.41. The molecular formula is C25H32N4O6. The summed E-state index contributed by atoms with van der Waals surface area (Å²) in [5, 5.41) is 15.5. The van der Waals surface area contributed by atoms with Crippen molar-refractivity contribution in [2.24, 2.45) is 0 Å². The van der Waals surface area contributed by atoms with Crippen LogP contribution in [0.1, 0.15) is 28.4 Å². The van der Waals surface area contributed by atoms with Gasteiger partial charge in [-0.1, -0.05) is 24.3 Å². The summed E-state index contributed by atoms with van der Waals surface area (Å²) in [6.07, 6.45) is -0.418. The molecule has 1 saturated heterocycles. The summed E-state index contributed by atoms with van der Waals surface area (Å²) in [7, 11) is 0. The molecule has 0 saturated carbocycles. The van der Waals surface area contributed by atoms with Crippen molar-refractivity contribution >= 4 is 17.8 Å². The Kier molecular flexibility index (Phi) is 8.38. The van der Waals surface area contributed by atoms with Crippen molar-refractivity contribution in [2.75, 3.05) is 50.9 Å². The molecule has 2 amide bonds. The first-order chi connectivity index (χ1) is 17.0. The van der Waals surface area contributed by atoms with E-state index in [0.717, 1.165) is 18.9 Å². The Bertz CT molecular complexity index is 1000. The first-order valence-corrected chi connectivity index (χ1v) is 12.0. The second-order valence-electron chi connectivity index (χ2n) is 8.50. The van der Waals surface area contributed by atoms with Crippen LogP contribution in [-0.2, 0) is 22.3 Å². The lowest BCUT2D eigenvalue weighted by Gasteiger charge is -2.28. The van der Waals surface area contributed by atoms with E-state index in [2.05, 4.69) is 20.5 Å². The summed E-state index contributed by atoms with van der Waals surface area (Å²) < 4.78 is 16.4. The average molecular weight is 485 g/mol. The normalized spacial score (nSPS) is 16.3. The van der Waals surface area contributed by atoms with Gasteiger partial charge in [0.25, 0.3) is 5.91 Å². The SMILES string of the molecule is CCOc1nc(N2CCOCC2)ccc1C(=O)NCC(O)CNC(=O)OC1Cc2ccccc2C1. The number of morpholine rings is 1. The van der Waals surface area contributed by atoms with Gasteiger partial charge in [0.15, 0.2) is 0 Å². The van der Waals surface area contributed by atoms with Crippen molar-refractivity contribution in [1.82, 2.24) is 15.6 Å². The Balaban J connectivity index is 1.23. The average Bonchev–Trinajstić information content (AvgIpc) is 3.29. The number of alkyl carbamates (subject to hydrolysis) is 1. The van der Waals surface area contributed by atoms with Crippen LogP contribution in [0.5, 0.6) is 5.88 Å². The molecule has 4 rings (SSSR count). The van der Waals surface area contributed by atoms with E-state index in [4.69, 9.17) is 14.2 Å². The number of anilines is 1. The van der Waals surface area contributed by atoms with Crippen LogP contribution in [0.2, 0.25) is 0 Å². The molecule has 188 valence electrons. The van der Waals surface area contributed by atoms with Gasteiger partial charge >= 0.3 is 6.09 Å². The Morgan fingerprint density at radius 3 is 2.49 bits per heavy atom. The number of carbonyl (C=O) groups is 2. The van der Waals surface area contributed by atoms with Crippen LogP contribution in [0.3, 0.4) is 0 Å². The van der Waals surface area contributed by atoms with Gasteiger partial charge in [0.2, 0.25) is 5.88 Å². The van der Waals surface area contributed by atoms with Crippen molar-refractivity contribution in [2.45, 2.75) is 32.0 Å². The summed E-state index contributed by atoms with van der Waals surface area (Å²) in [4.78, 5) is 31.4. The van der Waals surface area contributed by atoms with Crippen molar-refractivity contribution < 1.29 is 28.9 Å². The number of hydrogen-bond donors (Lipinski definition) is 3. The van der Waals surface area contributed by atoms with E-state index in [1.165, 1.54) is 11.1 Å². The van der Waals surface area contributed by atoms with Crippen LogP contribution >= 0.6 is 0 Å². The van der Waals surface area contributed by atoms with Crippen molar-refractivity contribution in [3.63, 3.8) is 0 Å². The largest absolute Gasteiger partial charge is 0.477 e. The van der Waals surface area contributed by atoms with Crippen LogP contribution < -0.4 is 20.3 Å². The summed E-state index contributed by atoms with van der Waals surface area (Å²) in [6.45, 7) is 4.78. The minimum atomic E-state index is -0.983. The lowest BCUT2D eigenvalue weighted by atomic mass is 10.1. The van der Waals surface area contributed by atoms with E-state index in [0.29, 0.717) is 32.7 Å². The molecule has 2 heterocycles. The van der Waals surface area contributed by atoms with Crippen LogP contribution in [0, 0.1) is 0 Å². The van der Waals surface area contributed by atoms with Gasteiger partial charge in [0, 0.05) is 39.0 Å². The highest BCUT2D eigenvalue weighted by Crippen LogP contribution is 2.24. The lowest BCUT2D eigenvalue weighted by molar-refractivity contribution is 0.0884. The fourth-order valence-corrected chi connectivity index (χ4v) is 4.19. The maximum absolute atomic E-state index is 12.7. The number of nitrogens with one attached hydrogen (secondary N) is 2. The number of benzene rings is 1. The Morgan fingerprint density at radius 2 is 1.80 bits per heavy atom. The summed E-state index contributed by atoms with van der Waals surface area (Å²) in [6, 6.07) is 11.4. The number of nitrogens with zero attached hydrogens (tertiary/aromatic N) is 2. The number of aliphatic hydroxyl groups excluding tert-OH is 1. The molecule has 1 aromatic heterocycles. The van der Waals surface area contributed by atoms with Gasteiger partial charge in [0.05, 0.1) is 25.9 Å². The van der Waals surface area contributed by atoms with E-state index < -0.39 is 18.1 Å². The molecule has 1 aliphatic heterocycles. The fourth-order valence-electron chi connectivity index (χ4n) is 4.19. The topological polar surface area (TPSA) is 122 Å². The Hall–Kier alpha value is -3.37. The molecule has 1 aromatic carbocycles. The molecule has 10 heteroatoms. The zero-order valence-electron chi connectivity index (χ0n) is 19.9. The standard InChI is InChI=1S/C25H32N4O6/c1-2-34-24-21(7-8-22(28-24)29-9-11-33-12-10-29)23(31)26-15-19(30)16-27-25(32)35-20-13-17-5-3-4-6-18(17)14-20/h3-8,19-20,30H,2,9-16H2,1H3,(H,26,31)(H,27,32). The number of rotatable bonds is 9. The maximum atomic E-state index is 12.7. The second kappa shape index (κ2) is 11.9. The van der Waals surface area contributed by atoms with Gasteiger partial charge in [-0.15, -0.1) is 0 Å². The molecule has 1 unspecified atom stereocenters. The first-order valence-electron chi connectivity index (χ1n) is 12.0. The molecule has 0 radical (unpaired) electrons. The van der Waals surface area contributed by atoms with E-state index >= 15 is 0 Å². The molecule has 2 aliphatic rings. The van der Waals surface area contributed by atoms with Crippen molar-refractivity contribution in [3.8, 4) is 5.88 Å². The summed E-state index contributed by atoms with van der Waals surface area (Å²) in [5.74, 6) is 0.545. The van der Waals surface area contributed by atoms with Crippen LogP contribution in [0.25, 0.3) is 0 Å². The third kappa shape index (κ3) is 6.61. The molecule has 0 bridgehead atoms. The zero-order valence-corrected chi connectivity index (χ0v) is 19.9. The van der Waals surface area contributed by atoms with Gasteiger partial charge < -0.3 is 34.9 Å². The summed E-state index contributed by atoms with van der Waals surface area (Å²) >= 11 is 0. The zero-order chi connectivity index (χ0) is 24.6. The minimum Gasteiger partial charge on any atom is -0.477 e. The van der Waals surface area contributed by atoms with Crippen LogP contribution in [-0.4, -0.2) is 80.3 Å². The number of amides is 2. The number of ether oxygens (including phenoxy) is 3. The molecule has 2 aromatic rings. The number of fused-ring (bicyclic) bond motifs is 1. The molecule has 35 heavy (non-hydrogen) atoms. The molecule has 1 fully saturated rings. The fraction of sp³-hybridized carbons (Fsp3) is 0.480. The van der Waals surface area contributed by atoms with E-state index in [9.17, 15) is 14.7 Å². The Morgan fingerprint density at radius 1 is 1.11 bits per heavy atom. The highest BCUT2D eigenvalue weighted by molar-refractivity contribution is 5.96. The van der Waals surface area contributed by atoms with Crippen molar-refractivity contribution in [1.29, 1.82) is 0 Å². The quantitative estimate of drug-likeness (QED) is 0.487. The van der Waals surface area contributed by atoms with Crippen LogP contribution in [0.4, 0.5) is 10.6 Å². The van der Waals surface area contributed by atoms with Crippen molar-refractivity contribution in [3.05, 3.63) is 53.1 Å². The third-order valence-corrected chi connectivity index (χ3v) is 5.97. The monoisotopic (exact) mass is 484 g/mol. The van der Waals surface area contributed by atoms with Crippen LogP contribution in [0.15, 0.2) is 36.4 Å². The maximum Gasteiger partial charge on any atom is 0.407 e. The van der Waals surface area contributed by atoms with E-state index in [1.54, 1.807) is 12.1 Å². The van der Waals surface area contributed by atoms with Gasteiger partial charge in [-0.2, -0.15) is 4.98 Å². The molecule has 1 aliphatic carbocycles. The number of hydrogen-bond acceptors (Lipinski definition) is 8. The highest BCUT2D eigenvalue weighted by Gasteiger charge is 2.24. The molecule has 0 spiro atoms. The highest BCUT2D eigenvalue weighted by atomic mass is 16.6.